The first-order valence-corrected chi connectivity index (χ1v) is 8.61. The van der Waals surface area contributed by atoms with Gasteiger partial charge in [0.1, 0.15) is 5.78 Å². The van der Waals surface area contributed by atoms with E-state index in [1.54, 1.807) is 24.3 Å². The maximum absolute atomic E-state index is 12.6. The summed E-state index contributed by atoms with van der Waals surface area (Å²) in [6.07, 6.45) is 4.96. The zero-order chi connectivity index (χ0) is 17.9. The molecule has 0 aliphatic carbocycles. The molecule has 0 saturated carbocycles. The molecule has 1 saturated heterocycles. The van der Waals surface area contributed by atoms with Crippen molar-refractivity contribution in [3.05, 3.63) is 54.1 Å². The van der Waals surface area contributed by atoms with Gasteiger partial charge in [-0.25, -0.2) is 4.98 Å². The lowest BCUT2D eigenvalue weighted by atomic mass is 9.70. The Morgan fingerprint density at radius 1 is 1.22 bits per heavy atom. The number of halogens is 2. The average Bonchev–Trinajstić information content (AvgIpc) is 3.14. The van der Waals surface area contributed by atoms with Crippen LogP contribution >= 0.6 is 24.8 Å². The quantitative estimate of drug-likeness (QED) is 0.787. The summed E-state index contributed by atoms with van der Waals surface area (Å²) in [5.41, 5.74) is 7.46. The van der Waals surface area contributed by atoms with Crippen molar-refractivity contribution in [2.45, 2.75) is 37.6 Å². The number of nitrogens with two attached hydrogens (primary N) is 1. The third-order valence-corrected chi connectivity index (χ3v) is 5.24. The van der Waals surface area contributed by atoms with Crippen LogP contribution in [-0.2, 0) is 21.4 Å². The number of benzene rings is 1. The molecule has 0 bridgehead atoms. The first kappa shape index (κ1) is 23.1. The lowest BCUT2D eigenvalue weighted by Gasteiger charge is -2.41. The fraction of sp³-hybridized carbons (Fsp3) is 0.421. The van der Waals surface area contributed by atoms with Crippen molar-refractivity contribution in [2.75, 3.05) is 13.1 Å². The molecule has 0 radical (unpaired) electrons. The van der Waals surface area contributed by atoms with E-state index in [9.17, 15) is 9.59 Å². The Labute approximate surface area is 171 Å². The first-order valence-electron chi connectivity index (χ1n) is 8.61. The summed E-state index contributed by atoms with van der Waals surface area (Å²) in [6, 6.07) is 9.27. The molecular weight excluding hydrogens is 387 g/mol. The zero-order valence-electron chi connectivity index (χ0n) is 15.3. The van der Waals surface area contributed by atoms with Crippen molar-refractivity contribution in [1.29, 1.82) is 0 Å². The minimum Gasteiger partial charge on any atom is -0.348 e. The van der Waals surface area contributed by atoms with E-state index in [4.69, 9.17) is 5.73 Å². The Kier molecular flexibility index (Phi) is 8.47. The molecule has 1 aliphatic heterocycles. The van der Waals surface area contributed by atoms with Crippen molar-refractivity contribution in [3.8, 4) is 0 Å². The number of imidazole rings is 1. The first-order chi connectivity index (χ1) is 12.0. The largest absolute Gasteiger partial charge is 0.348 e. The number of rotatable bonds is 5. The minimum absolute atomic E-state index is 0. The number of aromatic nitrogens is 2. The van der Waals surface area contributed by atoms with Gasteiger partial charge in [-0.05, 0) is 25.3 Å². The Hall–Kier alpha value is -1.89. The monoisotopic (exact) mass is 412 g/mol. The number of Topliss-reactive ketones (excluding diaryl/α,β-unsaturated/α-hetero) is 1. The van der Waals surface area contributed by atoms with Crippen LogP contribution in [0.4, 0.5) is 0 Å². The predicted octanol–water partition coefficient (Wildman–Crippen LogP) is 2.27. The minimum atomic E-state index is -0.595. The van der Waals surface area contributed by atoms with Gasteiger partial charge in [0.2, 0.25) is 5.91 Å². The molecule has 2 heterocycles. The fourth-order valence-electron chi connectivity index (χ4n) is 3.67. The molecule has 3 N–H and O–H groups in total. The van der Waals surface area contributed by atoms with E-state index in [1.165, 1.54) is 0 Å². The Bertz CT molecular complexity index is 729. The molecule has 2 aromatic rings. The smallest absolute Gasteiger partial charge is 0.239 e. The number of aromatic amines is 1. The summed E-state index contributed by atoms with van der Waals surface area (Å²) in [4.78, 5) is 33.7. The SMILES string of the molecule is CC(=O)C1(c2ccccc2)CCN(C(=O)[C@@H](N)Cc2cnc[nH]2)CC1.Cl.Cl. The normalized spacial score (nSPS) is 16.6. The molecule has 1 aromatic carbocycles. The number of likely N-dealkylation sites (tertiary alicyclic amines) is 1. The van der Waals surface area contributed by atoms with Gasteiger partial charge in [0.25, 0.3) is 0 Å². The molecule has 27 heavy (non-hydrogen) atoms. The number of carbonyl (C=O) groups excluding carboxylic acids is 2. The number of ketones is 1. The number of hydrogen-bond donors (Lipinski definition) is 2. The van der Waals surface area contributed by atoms with Crippen LogP contribution in [0.2, 0.25) is 0 Å². The maximum atomic E-state index is 12.6. The number of piperidine rings is 1. The van der Waals surface area contributed by atoms with Gasteiger partial charge >= 0.3 is 0 Å². The van der Waals surface area contributed by atoms with Crippen LogP contribution in [-0.4, -0.2) is 45.7 Å². The molecule has 148 valence electrons. The lowest BCUT2D eigenvalue weighted by Crippen LogP contribution is -2.52. The van der Waals surface area contributed by atoms with Crippen LogP contribution in [0.5, 0.6) is 0 Å². The van der Waals surface area contributed by atoms with Crippen LogP contribution in [0.1, 0.15) is 31.0 Å². The van der Waals surface area contributed by atoms with Gasteiger partial charge in [-0.15, -0.1) is 24.8 Å². The number of nitrogens with zero attached hydrogens (tertiary/aromatic N) is 2. The van der Waals surface area contributed by atoms with E-state index < -0.39 is 11.5 Å². The van der Waals surface area contributed by atoms with Gasteiger partial charge in [-0.2, -0.15) is 0 Å². The highest BCUT2D eigenvalue weighted by Crippen LogP contribution is 2.36. The van der Waals surface area contributed by atoms with E-state index in [1.807, 2.05) is 30.3 Å². The summed E-state index contributed by atoms with van der Waals surface area (Å²) in [5.74, 6) is 0.0902. The number of nitrogens with one attached hydrogen (secondary N) is 1. The van der Waals surface area contributed by atoms with Crippen LogP contribution in [0.25, 0.3) is 0 Å². The van der Waals surface area contributed by atoms with Crippen molar-refractivity contribution in [2.24, 2.45) is 5.73 Å². The van der Waals surface area contributed by atoms with Crippen molar-refractivity contribution in [1.82, 2.24) is 14.9 Å². The molecular formula is C19H26Cl2N4O2. The topological polar surface area (TPSA) is 92.1 Å². The number of H-pyrrole nitrogens is 1. The highest BCUT2D eigenvalue weighted by molar-refractivity contribution is 5.89. The van der Waals surface area contributed by atoms with E-state index >= 15 is 0 Å². The van der Waals surface area contributed by atoms with Crippen molar-refractivity contribution < 1.29 is 9.59 Å². The highest BCUT2D eigenvalue weighted by Gasteiger charge is 2.41. The van der Waals surface area contributed by atoms with Crippen molar-refractivity contribution in [3.63, 3.8) is 0 Å². The van der Waals surface area contributed by atoms with Crippen LogP contribution < -0.4 is 5.73 Å². The molecule has 0 unspecified atom stereocenters. The molecule has 1 atom stereocenters. The third kappa shape index (κ3) is 4.89. The van der Waals surface area contributed by atoms with Gasteiger partial charge in [0.15, 0.2) is 0 Å². The number of carbonyl (C=O) groups is 2. The van der Waals surface area contributed by atoms with Crippen LogP contribution in [0.3, 0.4) is 0 Å². The third-order valence-electron chi connectivity index (χ3n) is 5.24. The Balaban J connectivity index is 0.00000182. The standard InChI is InChI=1S/C19H24N4O2.2ClH/c1-14(24)19(15-5-3-2-4-6-15)7-9-23(10-8-19)18(25)17(20)11-16-12-21-13-22-16;;/h2-6,12-13,17H,7-11,20H2,1H3,(H,21,22);2*1H/t17-;;/m0../s1. The molecule has 3 rings (SSSR count). The van der Waals surface area contributed by atoms with E-state index in [0.29, 0.717) is 32.4 Å². The van der Waals surface area contributed by atoms with E-state index in [2.05, 4.69) is 9.97 Å². The Morgan fingerprint density at radius 3 is 2.37 bits per heavy atom. The summed E-state index contributed by atoms with van der Waals surface area (Å²) in [7, 11) is 0. The number of hydrogen-bond acceptors (Lipinski definition) is 4. The second-order valence-corrected chi connectivity index (χ2v) is 6.72. The highest BCUT2D eigenvalue weighted by atomic mass is 35.5. The summed E-state index contributed by atoms with van der Waals surface area (Å²) in [6.45, 7) is 2.74. The van der Waals surface area contributed by atoms with Crippen LogP contribution in [0, 0.1) is 0 Å². The molecule has 1 fully saturated rings. The van der Waals surface area contributed by atoms with Gasteiger partial charge in [-0.1, -0.05) is 30.3 Å². The molecule has 8 heteroatoms. The number of amides is 1. The van der Waals surface area contributed by atoms with Gasteiger partial charge < -0.3 is 15.6 Å². The van der Waals surface area contributed by atoms with Crippen LogP contribution in [0.15, 0.2) is 42.9 Å². The molecule has 0 spiro atoms. The summed E-state index contributed by atoms with van der Waals surface area (Å²) >= 11 is 0. The average molecular weight is 413 g/mol. The Morgan fingerprint density at radius 2 is 1.85 bits per heavy atom. The predicted molar refractivity (Wildman–Crippen MR) is 109 cm³/mol. The van der Waals surface area contributed by atoms with E-state index in [-0.39, 0.29) is 36.5 Å². The summed E-state index contributed by atoms with van der Waals surface area (Å²) in [5, 5.41) is 0. The molecule has 1 aliphatic rings. The second-order valence-electron chi connectivity index (χ2n) is 6.72. The second kappa shape index (κ2) is 9.88. The van der Waals surface area contributed by atoms with Gasteiger partial charge in [0, 0.05) is 31.4 Å². The van der Waals surface area contributed by atoms with Crippen molar-refractivity contribution >= 4 is 36.5 Å². The summed E-state index contributed by atoms with van der Waals surface area (Å²) < 4.78 is 0. The molecule has 1 amide bonds. The molecule has 6 nitrogen and oxygen atoms in total. The van der Waals surface area contributed by atoms with Gasteiger partial charge in [0.05, 0.1) is 17.8 Å². The maximum Gasteiger partial charge on any atom is 0.239 e. The van der Waals surface area contributed by atoms with Gasteiger partial charge in [-0.3, -0.25) is 9.59 Å². The molecule has 1 aromatic heterocycles. The fourth-order valence-corrected chi connectivity index (χ4v) is 3.67. The lowest BCUT2D eigenvalue weighted by molar-refractivity contribution is -0.136. The zero-order valence-corrected chi connectivity index (χ0v) is 16.9. The van der Waals surface area contributed by atoms with E-state index in [0.717, 1.165) is 11.3 Å².